The summed E-state index contributed by atoms with van der Waals surface area (Å²) in [6.07, 6.45) is 4.75. The standard InChI is InChI=1S/C23H14ClN7O2S/c1-29-20-14(11-28-29)10-27-12-18(20)31-22(32)21-17(30(23(31)33)6-2-5-25)8-19(34-21)15-7-13(9-26)3-4-16(15)24/h3-4,7-8,10-12H,2,6H2,1H3. The Balaban J connectivity index is 1.87. The maximum absolute atomic E-state index is 13.7. The van der Waals surface area contributed by atoms with Gasteiger partial charge in [0.15, 0.2) is 0 Å². The normalized spacial score (nSPS) is 11.1. The van der Waals surface area contributed by atoms with Gasteiger partial charge in [-0.2, -0.15) is 15.6 Å². The van der Waals surface area contributed by atoms with Crippen LogP contribution in [0.25, 0.3) is 37.2 Å². The van der Waals surface area contributed by atoms with E-state index in [2.05, 4.69) is 22.2 Å². The van der Waals surface area contributed by atoms with Gasteiger partial charge in [-0.05, 0) is 24.3 Å². The maximum Gasteiger partial charge on any atom is 0.336 e. The number of nitriles is 2. The van der Waals surface area contributed by atoms with Crippen LogP contribution in [0, 0.1) is 22.7 Å². The summed E-state index contributed by atoms with van der Waals surface area (Å²) in [5.41, 5.74) is 1.22. The van der Waals surface area contributed by atoms with Gasteiger partial charge in [0.1, 0.15) is 4.70 Å². The van der Waals surface area contributed by atoms with Crippen LogP contribution in [-0.4, -0.2) is 23.9 Å². The fraction of sp³-hybridized carbons (Fsp3) is 0.130. The van der Waals surface area contributed by atoms with E-state index in [1.54, 1.807) is 48.4 Å². The molecule has 0 amide bonds. The second-order valence-electron chi connectivity index (χ2n) is 7.48. The van der Waals surface area contributed by atoms with Crippen molar-refractivity contribution < 1.29 is 0 Å². The van der Waals surface area contributed by atoms with E-state index < -0.39 is 11.2 Å². The molecule has 166 valence electrons. The molecule has 5 aromatic rings. The lowest BCUT2D eigenvalue weighted by Crippen LogP contribution is -2.38. The number of benzene rings is 1. The van der Waals surface area contributed by atoms with Crippen molar-refractivity contribution >= 4 is 44.1 Å². The van der Waals surface area contributed by atoms with E-state index >= 15 is 0 Å². The van der Waals surface area contributed by atoms with E-state index in [1.165, 1.54) is 22.1 Å². The first kappa shape index (κ1) is 21.6. The van der Waals surface area contributed by atoms with E-state index in [-0.39, 0.29) is 13.0 Å². The largest absolute Gasteiger partial charge is 0.336 e. The van der Waals surface area contributed by atoms with Gasteiger partial charge in [0.25, 0.3) is 5.56 Å². The molecule has 0 aliphatic rings. The highest BCUT2D eigenvalue weighted by atomic mass is 35.5. The Morgan fingerprint density at radius 3 is 2.74 bits per heavy atom. The minimum Gasteiger partial charge on any atom is -0.291 e. The molecule has 0 aliphatic heterocycles. The summed E-state index contributed by atoms with van der Waals surface area (Å²) in [6.45, 7) is 0.100. The number of halogens is 1. The van der Waals surface area contributed by atoms with E-state index in [9.17, 15) is 14.9 Å². The predicted molar refractivity (Wildman–Crippen MR) is 129 cm³/mol. The molecule has 0 atom stereocenters. The van der Waals surface area contributed by atoms with Crippen molar-refractivity contribution in [3.63, 3.8) is 0 Å². The van der Waals surface area contributed by atoms with Gasteiger partial charge in [-0.3, -0.25) is 19.0 Å². The molecule has 5 rings (SSSR count). The smallest absolute Gasteiger partial charge is 0.291 e. The Morgan fingerprint density at radius 1 is 1.15 bits per heavy atom. The van der Waals surface area contributed by atoms with Crippen molar-refractivity contribution in [2.75, 3.05) is 0 Å². The molecule has 4 aromatic heterocycles. The van der Waals surface area contributed by atoms with Gasteiger partial charge >= 0.3 is 5.69 Å². The monoisotopic (exact) mass is 487 g/mol. The Kier molecular flexibility index (Phi) is 5.25. The van der Waals surface area contributed by atoms with Crippen molar-refractivity contribution in [2.24, 2.45) is 7.05 Å². The number of nitrogens with zero attached hydrogens (tertiary/aromatic N) is 7. The lowest BCUT2D eigenvalue weighted by molar-refractivity contribution is 0.662. The highest BCUT2D eigenvalue weighted by Gasteiger charge is 2.21. The molecular weight excluding hydrogens is 474 g/mol. The molecule has 0 spiro atoms. The molecule has 0 unspecified atom stereocenters. The average Bonchev–Trinajstić information content (AvgIpc) is 3.44. The fourth-order valence-electron chi connectivity index (χ4n) is 3.93. The third-order valence-corrected chi connectivity index (χ3v) is 6.97. The number of thiophene rings is 1. The van der Waals surface area contributed by atoms with Gasteiger partial charge in [-0.25, -0.2) is 9.36 Å². The zero-order valence-corrected chi connectivity index (χ0v) is 19.3. The van der Waals surface area contributed by atoms with Crippen LogP contribution in [-0.2, 0) is 13.6 Å². The molecule has 0 N–H and O–H groups in total. The second kappa shape index (κ2) is 8.27. The zero-order valence-electron chi connectivity index (χ0n) is 17.7. The summed E-state index contributed by atoms with van der Waals surface area (Å²) < 4.78 is 4.39. The van der Waals surface area contributed by atoms with E-state index in [0.717, 1.165) is 4.57 Å². The van der Waals surface area contributed by atoms with Crippen LogP contribution < -0.4 is 11.2 Å². The first-order valence-corrected chi connectivity index (χ1v) is 11.3. The molecule has 0 fully saturated rings. The summed E-state index contributed by atoms with van der Waals surface area (Å²) in [5, 5.41) is 23.8. The van der Waals surface area contributed by atoms with Crippen molar-refractivity contribution in [3.8, 4) is 28.3 Å². The van der Waals surface area contributed by atoms with Crippen LogP contribution >= 0.6 is 22.9 Å². The zero-order chi connectivity index (χ0) is 24.0. The van der Waals surface area contributed by atoms with Gasteiger partial charge < -0.3 is 0 Å². The summed E-state index contributed by atoms with van der Waals surface area (Å²) in [4.78, 5) is 32.1. The van der Waals surface area contributed by atoms with Crippen LogP contribution in [0.4, 0.5) is 0 Å². The van der Waals surface area contributed by atoms with E-state index in [1.807, 2.05) is 0 Å². The Bertz CT molecular complexity index is 1810. The first-order chi connectivity index (χ1) is 16.4. The Morgan fingerprint density at radius 2 is 1.97 bits per heavy atom. The summed E-state index contributed by atoms with van der Waals surface area (Å²) in [6, 6.07) is 10.7. The molecule has 0 radical (unpaired) electrons. The highest BCUT2D eigenvalue weighted by Crippen LogP contribution is 2.36. The summed E-state index contributed by atoms with van der Waals surface area (Å²) >= 11 is 7.57. The van der Waals surface area contributed by atoms with Crippen LogP contribution in [0.2, 0.25) is 5.02 Å². The SMILES string of the molecule is Cn1ncc2cncc(-n3c(=O)c4sc(-c5cc(C#N)ccc5Cl)cc4n(CCC#N)c3=O)c21. The summed E-state index contributed by atoms with van der Waals surface area (Å²) in [5.74, 6) is 0. The number of pyridine rings is 1. The first-order valence-electron chi connectivity index (χ1n) is 10.1. The van der Waals surface area contributed by atoms with Crippen LogP contribution in [0.1, 0.15) is 12.0 Å². The molecule has 11 heteroatoms. The third kappa shape index (κ3) is 3.28. The van der Waals surface area contributed by atoms with Gasteiger partial charge in [-0.1, -0.05) is 11.6 Å². The minimum atomic E-state index is -0.579. The molecule has 1 aromatic carbocycles. The van der Waals surface area contributed by atoms with Crippen LogP contribution in [0.3, 0.4) is 0 Å². The lowest BCUT2D eigenvalue weighted by atomic mass is 10.1. The molecule has 0 aliphatic carbocycles. The molecule has 0 saturated heterocycles. The van der Waals surface area contributed by atoms with Crippen LogP contribution in [0.15, 0.2) is 52.4 Å². The van der Waals surface area contributed by atoms with Crippen molar-refractivity contribution in [2.45, 2.75) is 13.0 Å². The van der Waals surface area contributed by atoms with Gasteiger partial charge in [0.2, 0.25) is 0 Å². The molecular formula is C23H14ClN7O2S. The maximum atomic E-state index is 13.7. The number of hydrogen-bond donors (Lipinski definition) is 0. The number of hydrogen-bond acceptors (Lipinski definition) is 7. The third-order valence-electron chi connectivity index (χ3n) is 5.49. The number of rotatable bonds is 4. The van der Waals surface area contributed by atoms with Crippen molar-refractivity contribution in [1.29, 1.82) is 10.5 Å². The Labute approximate surface area is 200 Å². The molecule has 34 heavy (non-hydrogen) atoms. The lowest BCUT2D eigenvalue weighted by Gasteiger charge is -2.12. The quantitative estimate of drug-likeness (QED) is 0.381. The van der Waals surface area contributed by atoms with E-state index in [4.69, 9.17) is 16.9 Å². The molecule has 0 bridgehead atoms. The van der Waals surface area contributed by atoms with Gasteiger partial charge in [0.05, 0.1) is 53.2 Å². The Hall–Kier alpha value is -4.25. The number of fused-ring (bicyclic) bond motifs is 2. The topological polar surface area (TPSA) is 122 Å². The fourth-order valence-corrected chi connectivity index (χ4v) is 5.33. The van der Waals surface area contributed by atoms with Gasteiger partial charge in [-0.15, -0.1) is 11.3 Å². The molecule has 9 nitrogen and oxygen atoms in total. The van der Waals surface area contributed by atoms with Crippen molar-refractivity contribution in [3.05, 3.63) is 74.3 Å². The minimum absolute atomic E-state index is 0.0806. The average molecular weight is 488 g/mol. The summed E-state index contributed by atoms with van der Waals surface area (Å²) in [7, 11) is 1.72. The van der Waals surface area contributed by atoms with Crippen molar-refractivity contribution in [1.82, 2.24) is 23.9 Å². The highest BCUT2D eigenvalue weighted by molar-refractivity contribution is 7.22. The predicted octanol–water partition coefficient (Wildman–Crippen LogP) is 3.60. The van der Waals surface area contributed by atoms with Crippen LogP contribution in [0.5, 0.6) is 0 Å². The number of aryl methyl sites for hydroxylation is 2. The number of aromatic nitrogens is 5. The van der Waals surface area contributed by atoms with E-state index in [0.29, 0.717) is 47.8 Å². The second-order valence-corrected chi connectivity index (χ2v) is 8.94. The molecule has 4 heterocycles. The van der Waals surface area contributed by atoms with Gasteiger partial charge in [0, 0.05) is 40.6 Å². The molecule has 0 saturated carbocycles.